The molecule has 0 amide bonds. The highest BCUT2D eigenvalue weighted by Crippen LogP contribution is 2.40. The molecule has 1 aliphatic rings. The van der Waals surface area contributed by atoms with Gasteiger partial charge < -0.3 is 15.2 Å². The Bertz CT molecular complexity index is 520. The van der Waals surface area contributed by atoms with Gasteiger partial charge in [0.25, 0.3) is 0 Å². The lowest BCUT2D eigenvalue weighted by Crippen LogP contribution is -2.33. The quantitative estimate of drug-likeness (QED) is 0.807. The summed E-state index contributed by atoms with van der Waals surface area (Å²) in [5, 5.41) is 13.2. The fourth-order valence-corrected chi connectivity index (χ4v) is 2.60. The lowest BCUT2D eigenvalue weighted by atomic mass is 10.1. The predicted molar refractivity (Wildman–Crippen MR) is 77.0 cm³/mol. The molecule has 3 unspecified atom stereocenters. The normalized spacial score (nSPS) is 22.4. The molecule has 0 aliphatic heterocycles. The maximum atomic E-state index is 9.85. The van der Waals surface area contributed by atoms with Gasteiger partial charge in [-0.25, -0.2) is 0 Å². The third kappa shape index (κ3) is 3.53. The number of aliphatic hydroxyl groups is 1. The number of aliphatic hydroxyl groups excluding tert-OH is 1. The molecule has 1 fully saturated rings. The van der Waals surface area contributed by atoms with Crippen LogP contribution >= 0.6 is 11.7 Å². The van der Waals surface area contributed by atoms with Gasteiger partial charge in [0.15, 0.2) is 0 Å². The Hall–Kier alpha value is -1.50. The fourth-order valence-electron chi connectivity index (χ4n) is 2.24. The highest BCUT2D eigenvalue weighted by molar-refractivity contribution is 6.99. The first-order valence-corrected chi connectivity index (χ1v) is 7.42. The Labute approximate surface area is 121 Å². The van der Waals surface area contributed by atoms with Crippen LogP contribution in [0.3, 0.4) is 0 Å². The lowest BCUT2D eigenvalue weighted by Gasteiger charge is -2.11. The molecule has 1 aromatic heterocycles. The Morgan fingerprint density at radius 3 is 3.00 bits per heavy atom. The minimum absolute atomic E-state index is 0.237. The summed E-state index contributed by atoms with van der Waals surface area (Å²) in [4.78, 5) is 0. The Kier molecular flexibility index (Phi) is 4.25. The number of aromatic nitrogens is 2. The van der Waals surface area contributed by atoms with Crippen LogP contribution in [-0.2, 0) is 0 Å². The second-order valence-corrected chi connectivity index (χ2v) is 5.53. The summed E-state index contributed by atoms with van der Waals surface area (Å²) < 4.78 is 13.1. The topological polar surface area (TPSA) is 67.3 Å². The van der Waals surface area contributed by atoms with Gasteiger partial charge in [-0.05, 0) is 12.0 Å². The van der Waals surface area contributed by atoms with Crippen molar-refractivity contribution < 1.29 is 9.84 Å². The monoisotopic (exact) mass is 291 g/mol. The standard InChI is InChI=1S/C14H17N3O2S/c18-11(9-19-14-8-16-20-17-14)7-15-13-6-12(13)10-4-2-1-3-5-10/h1-5,8,11-13,15,18H,6-7,9H2. The van der Waals surface area contributed by atoms with Crippen LogP contribution in [0.15, 0.2) is 36.5 Å². The maximum Gasteiger partial charge on any atom is 0.245 e. The molecule has 106 valence electrons. The number of ether oxygens (including phenoxy) is 1. The molecule has 2 aromatic rings. The molecule has 1 heterocycles. The second kappa shape index (κ2) is 6.30. The molecular formula is C14H17N3O2S. The summed E-state index contributed by atoms with van der Waals surface area (Å²) in [7, 11) is 0. The highest BCUT2D eigenvalue weighted by atomic mass is 32.1. The van der Waals surface area contributed by atoms with E-state index in [1.54, 1.807) is 6.20 Å². The summed E-state index contributed by atoms with van der Waals surface area (Å²) in [6, 6.07) is 10.9. The predicted octanol–water partition coefficient (Wildman–Crippen LogP) is 1.42. The summed E-state index contributed by atoms with van der Waals surface area (Å²) >= 11 is 1.10. The van der Waals surface area contributed by atoms with Crippen molar-refractivity contribution in [2.24, 2.45) is 0 Å². The van der Waals surface area contributed by atoms with Crippen LogP contribution in [0.25, 0.3) is 0 Å². The van der Waals surface area contributed by atoms with E-state index in [0.717, 1.165) is 18.1 Å². The van der Waals surface area contributed by atoms with E-state index in [4.69, 9.17) is 4.74 Å². The van der Waals surface area contributed by atoms with Crippen molar-refractivity contribution >= 4 is 11.7 Å². The molecule has 2 N–H and O–H groups in total. The summed E-state index contributed by atoms with van der Waals surface area (Å²) in [5.74, 6) is 1.05. The second-order valence-electron chi connectivity index (χ2n) is 4.98. The molecule has 5 nitrogen and oxygen atoms in total. The Morgan fingerprint density at radius 1 is 1.40 bits per heavy atom. The smallest absolute Gasteiger partial charge is 0.245 e. The minimum Gasteiger partial charge on any atom is -0.473 e. The molecule has 0 radical (unpaired) electrons. The average molecular weight is 291 g/mol. The van der Waals surface area contributed by atoms with Gasteiger partial charge in [0.2, 0.25) is 5.88 Å². The van der Waals surface area contributed by atoms with Crippen molar-refractivity contribution in [3.05, 3.63) is 42.1 Å². The van der Waals surface area contributed by atoms with Gasteiger partial charge in [0.1, 0.15) is 18.9 Å². The summed E-state index contributed by atoms with van der Waals surface area (Å²) in [6.07, 6.45) is 2.15. The molecule has 3 rings (SSSR count). The molecule has 20 heavy (non-hydrogen) atoms. The zero-order valence-corrected chi connectivity index (χ0v) is 11.8. The molecule has 0 spiro atoms. The highest BCUT2D eigenvalue weighted by Gasteiger charge is 2.37. The van der Waals surface area contributed by atoms with Gasteiger partial charge in [-0.1, -0.05) is 30.3 Å². The van der Waals surface area contributed by atoms with Crippen LogP contribution < -0.4 is 10.1 Å². The van der Waals surface area contributed by atoms with Crippen molar-refractivity contribution in [1.29, 1.82) is 0 Å². The number of nitrogens with one attached hydrogen (secondary N) is 1. The third-order valence-electron chi connectivity index (χ3n) is 3.40. The molecule has 1 aliphatic carbocycles. The molecule has 6 heteroatoms. The number of rotatable bonds is 7. The van der Waals surface area contributed by atoms with Crippen molar-refractivity contribution in [2.45, 2.75) is 24.5 Å². The van der Waals surface area contributed by atoms with Crippen molar-refractivity contribution in [3.63, 3.8) is 0 Å². The van der Waals surface area contributed by atoms with Crippen LogP contribution in [0.5, 0.6) is 5.88 Å². The SMILES string of the molecule is OC(CNC1CC1c1ccccc1)COc1cnsn1. The number of nitrogens with zero attached hydrogens (tertiary/aromatic N) is 2. The Morgan fingerprint density at radius 2 is 2.25 bits per heavy atom. The lowest BCUT2D eigenvalue weighted by molar-refractivity contribution is 0.104. The average Bonchev–Trinajstić information content (AvgIpc) is 3.08. The molecule has 3 atom stereocenters. The van der Waals surface area contributed by atoms with E-state index in [2.05, 4.69) is 38.3 Å². The molecule has 0 bridgehead atoms. The molecule has 1 aromatic carbocycles. The van der Waals surface area contributed by atoms with Gasteiger partial charge in [0.05, 0.1) is 11.7 Å². The number of hydrogen-bond donors (Lipinski definition) is 2. The van der Waals surface area contributed by atoms with Gasteiger partial charge in [-0.2, -0.15) is 4.37 Å². The number of benzene rings is 1. The van der Waals surface area contributed by atoms with Crippen LogP contribution in [0.1, 0.15) is 17.9 Å². The van der Waals surface area contributed by atoms with Crippen LogP contribution in [0.4, 0.5) is 0 Å². The Balaban J connectivity index is 1.36. The van der Waals surface area contributed by atoms with Gasteiger partial charge in [-0.3, -0.25) is 0 Å². The zero-order valence-electron chi connectivity index (χ0n) is 11.0. The molecule has 0 saturated heterocycles. The third-order valence-corrected chi connectivity index (χ3v) is 3.86. The van der Waals surface area contributed by atoms with E-state index in [1.165, 1.54) is 5.56 Å². The van der Waals surface area contributed by atoms with Gasteiger partial charge >= 0.3 is 0 Å². The first-order valence-electron chi connectivity index (χ1n) is 6.69. The summed E-state index contributed by atoms with van der Waals surface area (Å²) in [5.41, 5.74) is 1.37. The molecule has 1 saturated carbocycles. The van der Waals surface area contributed by atoms with Gasteiger partial charge in [0, 0.05) is 18.5 Å². The first kappa shape index (κ1) is 13.5. The minimum atomic E-state index is -0.534. The van der Waals surface area contributed by atoms with E-state index < -0.39 is 6.10 Å². The zero-order chi connectivity index (χ0) is 13.8. The largest absolute Gasteiger partial charge is 0.473 e. The first-order chi connectivity index (χ1) is 9.83. The van der Waals surface area contributed by atoms with Crippen molar-refractivity contribution in [3.8, 4) is 5.88 Å². The summed E-state index contributed by atoms with van der Waals surface area (Å²) in [6.45, 7) is 0.771. The van der Waals surface area contributed by atoms with Crippen molar-refractivity contribution in [1.82, 2.24) is 14.1 Å². The van der Waals surface area contributed by atoms with E-state index in [9.17, 15) is 5.11 Å². The fraction of sp³-hybridized carbons (Fsp3) is 0.429. The van der Waals surface area contributed by atoms with E-state index in [-0.39, 0.29) is 6.61 Å². The van der Waals surface area contributed by atoms with E-state index in [1.807, 2.05) is 6.07 Å². The maximum absolute atomic E-state index is 9.85. The molecular weight excluding hydrogens is 274 g/mol. The van der Waals surface area contributed by atoms with Crippen LogP contribution in [0.2, 0.25) is 0 Å². The van der Waals surface area contributed by atoms with Crippen molar-refractivity contribution in [2.75, 3.05) is 13.2 Å². The van der Waals surface area contributed by atoms with Gasteiger partial charge in [-0.15, -0.1) is 4.37 Å². The van der Waals surface area contributed by atoms with Crippen LogP contribution in [0, 0.1) is 0 Å². The van der Waals surface area contributed by atoms with E-state index >= 15 is 0 Å². The van der Waals surface area contributed by atoms with Crippen LogP contribution in [-0.4, -0.2) is 39.2 Å². The van der Waals surface area contributed by atoms with E-state index in [0.29, 0.717) is 24.4 Å². The number of hydrogen-bond acceptors (Lipinski definition) is 6.